The van der Waals surface area contributed by atoms with Gasteiger partial charge in [-0.05, 0) is 30.7 Å². The van der Waals surface area contributed by atoms with Crippen molar-refractivity contribution < 1.29 is 27.1 Å². The van der Waals surface area contributed by atoms with Crippen LogP contribution in [0.4, 0.5) is 17.6 Å². The predicted octanol–water partition coefficient (Wildman–Crippen LogP) is 3.14. The number of ether oxygens (including phenoxy) is 1. The van der Waals surface area contributed by atoms with E-state index in [4.69, 9.17) is 0 Å². The first-order valence-electron chi connectivity index (χ1n) is 9.64. The molecule has 0 fully saturated rings. The summed E-state index contributed by atoms with van der Waals surface area (Å²) in [5.74, 6) is -0.496. The van der Waals surface area contributed by atoms with Crippen LogP contribution in [0.3, 0.4) is 0 Å². The molecule has 6 nitrogen and oxygen atoms in total. The van der Waals surface area contributed by atoms with E-state index in [2.05, 4.69) is 25.7 Å². The fourth-order valence-corrected chi connectivity index (χ4v) is 2.60. The second-order valence-corrected chi connectivity index (χ2v) is 6.43. The van der Waals surface area contributed by atoms with Crippen molar-refractivity contribution in [3.63, 3.8) is 0 Å². The smallest absolute Gasteiger partial charge is 0.405 e. The van der Waals surface area contributed by atoms with Crippen molar-refractivity contribution in [3.8, 4) is 5.75 Å². The molecule has 0 saturated heterocycles. The molecular formula is C21H24F4N4O2. The average molecular weight is 440 g/mol. The minimum Gasteiger partial charge on any atom is -0.405 e. The summed E-state index contributed by atoms with van der Waals surface area (Å²) in [5.41, 5.74) is 0.978. The highest BCUT2D eigenvalue weighted by Gasteiger charge is 2.31. The average Bonchev–Trinajstić information content (AvgIpc) is 2.71. The molecule has 0 aromatic heterocycles. The molecule has 0 bridgehead atoms. The highest BCUT2D eigenvalue weighted by atomic mass is 19.4. The van der Waals surface area contributed by atoms with E-state index in [0.29, 0.717) is 31.2 Å². The number of benzene rings is 2. The van der Waals surface area contributed by atoms with Gasteiger partial charge in [0, 0.05) is 25.2 Å². The summed E-state index contributed by atoms with van der Waals surface area (Å²) < 4.78 is 54.5. The minimum absolute atomic E-state index is 0.0293. The van der Waals surface area contributed by atoms with Crippen molar-refractivity contribution in [2.75, 3.05) is 19.6 Å². The first kappa shape index (κ1) is 24.0. The lowest BCUT2D eigenvalue weighted by atomic mass is 10.1. The summed E-state index contributed by atoms with van der Waals surface area (Å²) in [7, 11) is 0. The number of rotatable bonds is 9. The lowest BCUT2D eigenvalue weighted by molar-refractivity contribution is -0.274. The van der Waals surface area contributed by atoms with Gasteiger partial charge >= 0.3 is 6.36 Å². The van der Waals surface area contributed by atoms with Gasteiger partial charge in [-0.2, -0.15) is 0 Å². The van der Waals surface area contributed by atoms with Crippen molar-refractivity contribution in [1.82, 2.24) is 16.0 Å². The van der Waals surface area contributed by atoms with Crippen molar-refractivity contribution in [2.45, 2.75) is 26.3 Å². The monoisotopic (exact) mass is 440 g/mol. The largest absolute Gasteiger partial charge is 0.573 e. The third-order valence-corrected chi connectivity index (χ3v) is 3.97. The maximum Gasteiger partial charge on any atom is 0.573 e. The summed E-state index contributed by atoms with van der Waals surface area (Å²) in [6, 6.07) is 11.5. The number of nitrogens with zero attached hydrogens (tertiary/aromatic N) is 1. The molecule has 0 aliphatic heterocycles. The number of alkyl halides is 3. The van der Waals surface area contributed by atoms with Gasteiger partial charge in [-0.25, -0.2) is 9.38 Å². The second-order valence-electron chi connectivity index (χ2n) is 6.43. The fourth-order valence-electron chi connectivity index (χ4n) is 2.60. The van der Waals surface area contributed by atoms with Crippen LogP contribution in [0.5, 0.6) is 5.75 Å². The van der Waals surface area contributed by atoms with Gasteiger partial charge in [-0.15, -0.1) is 13.2 Å². The zero-order valence-electron chi connectivity index (χ0n) is 16.9. The molecule has 168 valence electrons. The van der Waals surface area contributed by atoms with E-state index in [0.717, 1.165) is 0 Å². The molecule has 1 amide bonds. The molecule has 3 N–H and O–H groups in total. The van der Waals surface area contributed by atoms with Gasteiger partial charge < -0.3 is 20.7 Å². The van der Waals surface area contributed by atoms with Gasteiger partial charge in [0.25, 0.3) is 0 Å². The SMILES string of the molecule is CCNC(=NCc1ccccc1OC(F)(F)F)NCCNC(=O)Cc1ccc(F)cc1. The van der Waals surface area contributed by atoms with Crippen molar-refractivity contribution in [3.05, 3.63) is 65.5 Å². The molecule has 31 heavy (non-hydrogen) atoms. The number of aliphatic imine (C=N–C) groups is 1. The van der Waals surface area contributed by atoms with Crippen LogP contribution < -0.4 is 20.7 Å². The van der Waals surface area contributed by atoms with E-state index in [-0.39, 0.29) is 36.0 Å². The summed E-state index contributed by atoms with van der Waals surface area (Å²) in [6.45, 7) is 3.02. The van der Waals surface area contributed by atoms with E-state index in [9.17, 15) is 22.4 Å². The van der Waals surface area contributed by atoms with Gasteiger partial charge in [0.15, 0.2) is 5.96 Å². The molecule has 2 aromatic carbocycles. The van der Waals surface area contributed by atoms with E-state index in [1.165, 1.54) is 30.3 Å². The molecular weight excluding hydrogens is 416 g/mol. The number of amides is 1. The number of carbonyl (C=O) groups excluding carboxylic acids is 1. The molecule has 0 saturated carbocycles. The van der Waals surface area contributed by atoms with Gasteiger partial charge in [0.05, 0.1) is 13.0 Å². The van der Waals surface area contributed by atoms with Crippen molar-refractivity contribution in [1.29, 1.82) is 0 Å². The Morgan fingerprint density at radius 3 is 2.35 bits per heavy atom. The van der Waals surface area contributed by atoms with Gasteiger partial charge in [-0.3, -0.25) is 4.79 Å². The van der Waals surface area contributed by atoms with Crippen LogP contribution in [-0.2, 0) is 17.8 Å². The van der Waals surface area contributed by atoms with Crippen LogP contribution in [0, 0.1) is 5.82 Å². The first-order valence-corrected chi connectivity index (χ1v) is 9.64. The number of nitrogens with one attached hydrogen (secondary N) is 3. The van der Waals surface area contributed by atoms with E-state index >= 15 is 0 Å². The lowest BCUT2D eigenvalue weighted by Gasteiger charge is -2.14. The zero-order chi connectivity index (χ0) is 22.7. The molecule has 0 radical (unpaired) electrons. The first-order chi connectivity index (χ1) is 14.8. The topological polar surface area (TPSA) is 74.8 Å². The molecule has 10 heteroatoms. The highest BCUT2D eigenvalue weighted by Crippen LogP contribution is 2.26. The van der Waals surface area contributed by atoms with Crippen molar-refractivity contribution >= 4 is 11.9 Å². The number of carbonyl (C=O) groups is 1. The number of guanidine groups is 1. The molecule has 2 aromatic rings. The predicted molar refractivity (Wildman–Crippen MR) is 109 cm³/mol. The second kappa shape index (κ2) is 11.8. The van der Waals surface area contributed by atoms with Crippen molar-refractivity contribution in [2.24, 2.45) is 4.99 Å². The van der Waals surface area contributed by atoms with Crippen LogP contribution in [0.1, 0.15) is 18.1 Å². The minimum atomic E-state index is -4.78. The number of para-hydroxylation sites is 1. The molecule has 0 atom stereocenters. The Hall–Kier alpha value is -3.30. The number of halogens is 4. The third-order valence-electron chi connectivity index (χ3n) is 3.97. The Morgan fingerprint density at radius 2 is 1.68 bits per heavy atom. The normalized spacial score (nSPS) is 11.7. The Kier molecular flexibility index (Phi) is 9.11. The summed E-state index contributed by atoms with van der Waals surface area (Å²) in [5, 5.41) is 8.71. The molecule has 2 rings (SSSR count). The zero-order valence-corrected chi connectivity index (χ0v) is 16.9. The third kappa shape index (κ3) is 9.37. The Bertz CT molecular complexity index is 870. The summed E-state index contributed by atoms with van der Waals surface area (Å²) >= 11 is 0. The number of hydrogen-bond donors (Lipinski definition) is 3. The molecule has 0 aliphatic rings. The Balaban J connectivity index is 1.84. The molecule has 0 spiro atoms. The molecule has 0 heterocycles. The van der Waals surface area contributed by atoms with Crippen LogP contribution in [0.15, 0.2) is 53.5 Å². The Labute approximate surface area is 177 Å². The fraction of sp³-hybridized carbons (Fsp3) is 0.333. The molecule has 0 aliphatic carbocycles. The van der Waals surface area contributed by atoms with Crippen LogP contribution in [0.25, 0.3) is 0 Å². The summed E-state index contributed by atoms with van der Waals surface area (Å²) in [4.78, 5) is 16.2. The number of hydrogen-bond acceptors (Lipinski definition) is 3. The van der Waals surface area contributed by atoms with Gasteiger partial charge in [0.2, 0.25) is 5.91 Å². The maximum atomic E-state index is 12.9. The Morgan fingerprint density at radius 1 is 1.00 bits per heavy atom. The van der Waals surface area contributed by atoms with Gasteiger partial charge in [-0.1, -0.05) is 30.3 Å². The van der Waals surface area contributed by atoms with Crippen LogP contribution >= 0.6 is 0 Å². The van der Waals surface area contributed by atoms with E-state index < -0.39 is 6.36 Å². The van der Waals surface area contributed by atoms with E-state index in [1.807, 2.05) is 6.92 Å². The van der Waals surface area contributed by atoms with Gasteiger partial charge in [0.1, 0.15) is 11.6 Å². The maximum absolute atomic E-state index is 12.9. The molecule has 0 unspecified atom stereocenters. The standard InChI is InChI=1S/C21H24F4N4O2/c1-2-26-20(29-14-16-5-3-4-6-18(16)31-21(23,24)25)28-12-11-27-19(30)13-15-7-9-17(22)10-8-15/h3-10H,2,11-14H2,1H3,(H,27,30)(H2,26,28,29). The van der Waals surface area contributed by atoms with Crippen LogP contribution in [-0.4, -0.2) is 37.9 Å². The van der Waals surface area contributed by atoms with Crippen LogP contribution in [0.2, 0.25) is 0 Å². The quantitative estimate of drug-likeness (QED) is 0.242. The highest BCUT2D eigenvalue weighted by molar-refractivity contribution is 5.80. The van der Waals surface area contributed by atoms with E-state index in [1.54, 1.807) is 18.2 Å². The summed E-state index contributed by atoms with van der Waals surface area (Å²) in [6.07, 6.45) is -4.65. The lowest BCUT2D eigenvalue weighted by Crippen LogP contribution is -2.41.